The fourth-order valence-corrected chi connectivity index (χ4v) is 4.10. The lowest BCUT2D eigenvalue weighted by atomic mass is 9.93. The van der Waals surface area contributed by atoms with Gasteiger partial charge >= 0.3 is 0 Å². The van der Waals surface area contributed by atoms with E-state index < -0.39 is 15.7 Å². The van der Waals surface area contributed by atoms with Gasteiger partial charge in [-0.25, -0.2) is 0 Å². The molecule has 0 bridgehead atoms. The summed E-state index contributed by atoms with van der Waals surface area (Å²) < 4.78 is 4.88. The van der Waals surface area contributed by atoms with Crippen LogP contribution >= 0.6 is 46.4 Å². The van der Waals surface area contributed by atoms with Gasteiger partial charge in [-0.2, -0.15) is 0 Å². The second-order valence-corrected chi connectivity index (χ2v) is 9.67. The number of nitrogens with zero attached hydrogens (tertiary/aromatic N) is 1. The summed E-state index contributed by atoms with van der Waals surface area (Å²) in [6.07, 6.45) is -0.327. The van der Waals surface area contributed by atoms with Gasteiger partial charge in [0.1, 0.15) is 5.75 Å². The molecule has 1 aromatic heterocycles. The Morgan fingerprint density at radius 3 is 2.30 bits per heavy atom. The molecule has 1 heterocycles. The molecule has 0 aliphatic heterocycles. The van der Waals surface area contributed by atoms with E-state index in [9.17, 15) is 14.7 Å². The van der Waals surface area contributed by atoms with Crippen LogP contribution in [0.2, 0.25) is 5.02 Å². The Morgan fingerprint density at radius 1 is 1.13 bits per heavy atom. The molecule has 30 heavy (non-hydrogen) atoms. The first-order valence-electron chi connectivity index (χ1n) is 8.80. The van der Waals surface area contributed by atoms with Gasteiger partial charge in [-0.15, -0.1) is 0 Å². The molecule has 158 valence electrons. The van der Waals surface area contributed by atoms with Crippen LogP contribution in [0.25, 0.3) is 10.9 Å². The highest BCUT2D eigenvalue weighted by atomic mass is 35.6. The summed E-state index contributed by atoms with van der Waals surface area (Å²) in [5.41, 5.74) is 1.62. The van der Waals surface area contributed by atoms with E-state index >= 15 is 0 Å². The van der Waals surface area contributed by atoms with Gasteiger partial charge in [0.25, 0.3) is 5.91 Å². The number of halogens is 4. The average molecular weight is 488 g/mol. The van der Waals surface area contributed by atoms with Crippen molar-refractivity contribution in [2.75, 3.05) is 7.11 Å². The molecule has 0 saturated carbocycles. The zero-order valence-electron chi connectivity index (χ0n) is 15.9. The number of carbonyl (C=O) groups is 2. The molecule has 0 N–H and O–H groups in total. The largest absolute Gasteiger partial charge is 0.549 e. The van der Waals surface area contributed by atoms with Crippen molar-refractivity contribution >= 4 is 69.2 Å². The van der Waals surface area contributed by atoms with E-state index in [0.29, 0.717) is 38.5 Å². The number of rotatable bonds is 5. The second kappa shape index (κ2) is 8.67. The highest BCUT2D eigenvalue weighted by Gasteiger charge is 2.32. The Bertz CT molecular complexity index is 1120. The van der Waals surface area contributed by atoms with Crippen molar-refractivity contribution in [3.05, 3.63) is 64.3 Å². The van der Waals surface area contributed by atoms with Gasteiger partial charge in [-0.3, -0.25) is 9.36 Å². The number of ether oxygens (including phenoxy) is 1. The highest BCUT2D eigenvalue weighted by Crippen LogP contribution is 2.42. The minimum Gasteiger partial charge on any atom is -0.549 e. The molecule has 0 radical (unpaired) electrons. The van der Waals surface area contributed by atoms with Crippen LogP contribution in [0.1, 0.15) is 34.0 Å². The predicted octanol–water partition coefficient (Wildman–Crippen LogP) is 4.89. The molecule has 0 saturated heterocycles. The van der Waals surface area contributed by atoms with Gasteiger partial charge in [0.15, 0.2) is 3.79 Å². The lowest BCUT2D eigenvalue weighted by Gasteiger charge is -2.23. The lowest BCUT2D eigenvalue weighted by molar-refractivity contribution is -0.308. The van der Waals surface area contributed by atoms with Crippen LogP contribution in [0.4, 0.5) is 0 Å². The minimum absolute atomic E-state index is 0.327. The summed E-state index contributed by atoms with van der Waals surface area (Å²) in [6, 6.07) is 11.4. The lowest BCUT2D eigenvalue weighted by Crippen LogP contribution is -2.32. The van der Waals surface area contributed by atoms with Gasteiger partial charge in [-0.1, -0.05) is 46.4 Å². The van der Waals surface area contributed by atoms with E-state index in [0.717, 1.165) is 0 Å². The maximum Gasteiger partial charge on any atom is 0.262 e. The molecule has 0 amide bonds. The highest BCUT2D eigenvalue weighted by molar-refractivity contribution is 6.67. The third-order valence-corrected chi connectivity index (χ3v) is 5.54. The molecule has 0 aliphatic rings. The maximum atomic E-state index is 13.3. The first-order valence-corrected chi connectivity index (χ1v) is 10.3. The van der Waals surface area contributed by atoms with Gasteiger partial charge in [0.05, 0.1) is 12.6 Å². The summed E-state index contributed by atoms with van der Waals surface area (Å²) in [6.45, 7) is 1.64. The van der Waals surface area contributed by atoms with Crippen LogP contribution in [0.3, 0.4) is 0 Å². The van der Waals surface area contributed by atoms with Crippen LogP contribution in [0.15, 0.2) is 42.5 Å². The molecular weight excluding hydrogens is 472 g/mol. The van der Waals surface area contributed by atoms with Crippen molar-refractivity contribution in [1.29, 1.82) is 0 Å². The third-order valence-electron chi connectivity index (χ3n) is 4.82. The maximum absolute atomic E-state index is 13.3. The van der Waals surface area contributed by atoms with E-state index in [4.69, 9.17) is 51.1 Å². The van der Waals surface area contributed by atoms with Crippen molar-refractivity contribution in [2.45, 2.75) is 23.1 Å². The monoisotopic (exact) mass is 486 g/mol. The number of alkyl halides is 3. The number of aromatic nitrogens is 1. The normalized spacial score (nSPS) is 12.7. The number of benzene rings is 2. The van der Waals surface area contributed by atoms with E-state index in [-0.39, 0.29) is 12.3 Å². The van der Waals surface area contributed by atoms with Crippen LogP contribution in [-0.2, 0) is 4.79 Å². The van der Waals surface area contributed by atoms with Gasteiger partial charge < -0.3 is 14.6 Å². The Hall–Kier alpha value is -1.92. The fourth-order valence-electron chi connectivity index (χ4n) is 3.51. The Balaban J connectivity index is 2.29. The van der Waals surface area contributed by atoms with Gasteiger partial charge in [0, 0.05) is 40.0 Å². The number of fused-ring (bicyclic) bond motifs is 1. The van der Waals surface area contributed by atoms with Gasteiger partial charge in [0.2, 0.25) is 0 Å². The van der Waals surface area contributed by atoms with Gasteiger partial charge in [-0.05, 0) is 55.0 Å². The Kier molecular flexibility index (Phi) is 6.58. The first kappa shape index (κ1) is 22.8. The smallest absolute Gasteiger partial charge is 0.262 e. The summed E-state index contributed by atoms with van der Waals surface area (Å²) in [5.74, 6) is -2.53. The molecule has 2 aromatic carbocycles. The van der Waals surface area contributed by atoms with Crippen molar-refractivity contribution < 1.29 is 19.4 Å². The predicted molar refractivity (Wildman–Crippen MR) is 117 cm³/mol. The number of carboxylic acid groups (broad SMARTS) is 1. The van der Waals surface area contributed by atoms with Crippen LogP contribution < -0.4 is 9.84 Å². The molecule has 3 aromatic rings. The zero-order valence-corrected chi connectivity index (χ0v) is 18.9. The molecule has 0 aliphatic carbocycles. The summed E-state index contributed by atoms with van der Waals surface area (Å²) in [7, 11) is 1.49. The van der Waals surface area contributed by atoms with Crippen molar-refractivity contribution in [3.63, 3.8) is 0 Å². The van der Waals surface area contributed by atoms with E-state index in [2.05, 4.69) is 0 Å². The van der Waals surface area contributed by atoms with E-state index in [1.165, 1.54) is 11.7 Å². The molecule has 3 rings (SSSR count). The second-order valence-electron chi connectivity index (χ2n) is 6.72. The molecule has 1 unspecified atom stereocenters. The number of carboxylic acids is 1. The number of hydrogen-bond acceptors (Lipinski definition) is 4. The summed E-state index contributed by atoms with van der Waals surface area (Å²) >= 11 is 23.6. The summed E-state index contributed by atoms with van der Waals surface area (Å²) in [4.78, 5) is 25.3. The zero-order chi connectivity index (χ0) is 22.2. The van der Waals surface area contributed by atoms with Crippen LogP contribution in [0.5, 0.6) is 5.75 Å². The molecule has 1 atom stereocenters. The standard InChI is InChI=1S/C21H17Cl4NO4/c1-11-18(16(20(28)29)10-21(23,24)25)15-9-14(30-2)7-8-17(15)26(11)19(27)12-3-5-13(22)6-4-12/h3-9,16H,10H2,1-2H3,(H,28,29)/p-1. The molecule has 0 fully saturated rings. The number of hydrogen-bond donors (Lipinski definition) is 0. The average Bonchev–Trinajstić information content (AvgIpc) is 2.96. The van der Waals surface area contributed by atoms with E-state index in [1.54, 1.807) is 49.4 Å². The van der Waals surface area contributed by atoms with Crippen LogP contribution in [0, 0.1) is 6.92 Å². The molecule has 0 spiro atoms. The SMILES string of the molecule is COc1ccc2c(c1)c(C(CC(Cl)(Cl)Cl)C(=O)[O-])c(C)n2C(=O)c1ccc(Cl)cc1. The van der Waals surface area contributed by atoms with Crippen molar-refractivity contribution in [3.8, 4) is 5.75 Å². The number of carbonyl (C=O) groups excluding carboxylic acids is 2. The molecule has 9 heteroatoms. The molecule has 5 nitrogen and oxygen atoms in total. The quantitative estimate of drug-likeness (QED) is 0.480. The number of methoxy groups -OCH3 is 1. The van der Waals surface area contributed by atoms with Crippen LogP contribution in [-0.4, -0.2) is 27.3 Å². The Morgan fingerprint density at radius 2 is 1.77 bits per heavy atom. The Labute approximate surface area is 193 Å². The number of aliphatic carboxylic acids is 1. The topological polar surface area (TPSA) is 71.4 Å². The third kappa shape index (κ3) is 4.54. The van der Waals surface area contributed by atoms with Crippen molar-refractivity contribution in [2.24, 2.45) is 0 Å². The van der Waals surface area contributed by atoms with Crippen molar-refractivity contribution in [1.82, 2.24) is 4.57 Å². The fraction of sp³-hybridized carbons (Fsp3) is 0.238. The first-order chi connectivity index (χ1) is 14.0. The summed E-state index contributed by atoms with van der Waals surface area (Å²) in [5, 5.41) is 13.0. The molecular formula is C21H16Cl4NO4-. The van der Waals surface area contributed by atoms with E-state index in [1.807, 2.05) is 0 Å². The minimum atomic E-state index is -1.83.